The number of nitrogens with zero attached hydrogens (tertiary/aromatic N) is 1. The van der Waals surface area contributed by atoms with Crippen molar-refractivity contribution in [2.75, 3.05) is 31.9 Å². The van der Waals surface area contributed by atoms with Crippen molar-refractivity contribution in [2.45, 2.75) is 32.7 Å². The van der Waals surface area contributed by atoms with Crippen molar-refractivity contribution < 1.29 is 13.2 Å². The van der Waals surface area contributed by atoms with Gasteiger partial charge in [-0.25, -0.2) is 12.7 Å². The number of nitrogens with one attached hydrogen (secondary N) is 2. The maximum Gasteiger partial charge on any atom is 0.236 e. The molecule has 1 unspecified atom stereocenters. The summed E-state index contributed by atoms with van der Waals surface area (Å²) < 4.78 is 25.0. The molecular formula is C11H24ClN3O3S. The summed E-state index contributed by atoms with van der Waals surface area (Å²) in [5.41, 5.74) is 0. The van der Waals surface area contributed by atoms with Crippen LogP contribution in [0.5, 0.6) is 0 Å². The summed E-state index contributed by atoms with van der Waals surface area (Å²) in [4.78, 5) is 11.6. The average molecular weight is 314 g/mol. The number of rotatable bonds is 7. The zero-order valence-corrected chi connectivity index (χ0v) is 13.1. The van der Waals surface area contributed by atoms with Gasteiger partial charge in [0.1, 0.15) is 5.75 Å². The predicted octanol–water partition coefficient (Wildman–Crippen LogP) is -0.0520. The number of sulfonamides is 1. The summed E-state index contributed by atoms with van der Waals surface area (Å²) in [6, 6.07) is 0.283. The van der Waals surface area contributed by atoms with E-state index in [1.165, 1.54) is 4.31 Å². The van der Waals surface area contributed by atoms with Crippen LogP contribution in [0.2, 0.25) is 0 Å². The van der Waals surface area contributed by atoms with Gasteiger partial charge < -0.3 is 10.6 Å². The molecule has 19 heavy (non-hydrogen) atoms. The van der Waals surface area contributed by atoms with E-state index in [-0.39, 0.29) is 18.4 Å². The van der Waals surface area contributed by atoms with Crippen LogP contribution < -0.4 is 10.6 Å². The second kappa shape index (κ2) is 8.73. The van der Waals surface area contributed by atoms with Gasteiger partial charge >= 0.3 is 0 Å². The zero-order valence-electron chi connectivity index (χ0n) is 11.5. The third kappa shape index (κ3) is 6.07. The SMILES string of the molecule is CCN(CC)S(=O)(=O)CC(=O)NCC1CCCN1.Cl. The van der Waals surface area contributed by atoms with Gasteiger partial charge in [0.15, 0.2) is 0 Å². The summed E-state index contributed by atoms with van der Waals surface area (Å²) >= 11 is 0. The van der Waals surface area contributed by atoms with E-state index in [2.05, 4.69) is 10.6 Å². The molecule has 0 bridgehead atoms. The van der Waals surface area contributed by atoms with E-state index in [0.29, 0.717) is 19.6 Å². The van der Waals surface area contributed by atoms with Crippen LogP contribution in [-0.2, 0) is 14.8 Å². The Balaban J connectivity index is 0.00000324. The molecule has 0 saturated carbocycles. The Labute approximate surface area is 121 Å². The number of amides is 1. The highest BCUT2D eigenvalue weighted by molar-refractivity contribution is 7.89. The van der Waals surface area contributed by atoms with Gasteiger partial charge in [0, 0.05) is 25.7 Å². The summed E-state index contributed by atoms with van der Waals surface area (Å²) in [7, 11) is -3.47. The van der Waals surface area contributed by atoms with Gasteiger partial charge in [0.05, 0.1) is 0 Å². The van der Waals surface area contributed by atoms with Crippen molar-refractivity contribution in [1.82, 2.24) is 14.9 Å². The molecule has 1 aliphatic heterocycles. The fraction of sp³-hybridized carbons (Fsp3) is 0.909. The third-order valence-corrected chi connectivity index (χ3v) is 5.05. The Morgan fingerprint density at radius 3 is 2.47 bits per heavy atom. The summed E-state index contributed by atoms with van der Waals surface area (Å²) in [5, 5.41) is 5.92. The Kier molecular flexibility index (Phi) is 8.56. The molecule has 1 heterocycles. The maximum absolute atomic E-state index is 11.8. The van der Waals surface area contributed by atoms with Crippen LogP contribution in [0, 0.1) is 0 Å². The second-order valence-corrected chi connectivity index (χ2v) is 6.41. The van der Waals surface area contributed by atoms with E-state index >= 15 is 0 Å². The second-order valence-electron chi connectivity index (χ2n) is 4.44. The van der Waals surface area contributed by atoms with E-state index in [1.807, 2.05) is 0 Å². The zero-order chi connectivity index (χ0) is 13.6. The third-order valence-electron chi connectivity index (χ3n) is 3.12. The number of hydrogen-bond acceptors (Lipinski definition) is 4. The quantitative estimate of drug-likeness (QED) is 0.690. The molecule has 0 radical (unpaired) electrons. The van der Waals surface area contributed by atoms with Gasteiger partial charge in [0.25, 0.3) is 0 Å². The van der Waals surface area contributed by atoms with Crippen molar-refractivity contribution in [3.05, 3.63) is 0 Å². The molecule has 1 atom stereocenters. The molecule has 1 rings (SSSR count). The molecule has 0 aromatic rings. The minimum atomic E-state index is -3.47. The highest BCUT2D eigenvalue weighted by Crippen LogP contribution is 2.04. The average Bonchev–Trinajstić information content (AvgIpc) is 2.79. The first kappa shape index (κ1) is 18.6. The van der Waals surface area contributed by atoms with Crippen molar-refractivity contribution in [3.63, 3.8) is 0 Å². The fourth-order valence-corrected chi connectivity index (χ4v) is 3.50. The van der Waals surface area contributed by atoms with Gasteiger partial charge in [-0.05, 0) is 19.4 Å². The molecule has 6 nitrogen and oxygen atoms in total. The van der Waals surface area contributed by atoms with E-state index < -0.39 is 21.7 Å². The minimum absolute atomic E-state index is 0. The highest BCUT2D eigenvalue weighted by atomic mass is 35.5. The highest BCUT2D eigenvalue weighted by Gasteiger charge is 2.23. The van der Waals surface area contributed by atoms with Gasteiger partial charge in [-0.15, -0.1) is 12.4 Å². The van der Waals surface area contributed by atoms with Crippen LogP contribution in [0.15, 0.2) is 0 Å². The minimum Gasteiger partial charge on any atom is -0.354 e. The van der Waals surface area contributed by atoms with Crippen LogP contribution in [0.4, 0.5) is 0 Å². The van der Waals surface area contributed by atoms with Gasteiger partial charge in [-0.3, -0.25) is 4.79 Å². The number of halogens is 1. The Bertz CT molecular complexity index is 365. The van der Waals surface area contributed by atoms with Crippen LogP contribution in [-0.4, -0.2) is 56.6 Å². The standard InChI is InChI=1S/C11H23N3O3S.ClH/c1-3-14(4-2)18(16,17)9-11(15)13-8-10-6-5-7-12-10;/h10,12H,3-9H2,1-2H3,(H,13,15);1H. The fourth-order valence-electron chi connectivity index (χ4n) is 2.09. The van der Waals surface area contributed by atoms with E-state index in [1.54, 1.807) is 13.8 Å². The van der Waals surface area contributed by atoms with Gasteiger partial charge in [-0.1, -0.05) is 13.8 Å². The van der Waals surface area contributed by atoms with Crippen molar-refractivity contribution in [3.8, 4) is 0 Å². The largest absolute Gasteiger partial charge is 0.354 e. The van der Waals surface area contributed by atoms with Crippen molar-refractivity contribution in [1.29, 1.82) is 0 Å². The monoisotopic (exact) mass is 313 g/mol. The molecule has 8 heteroatoms. The molecule has 1 fully saturated rings. The predicted molar refractivity (Wildman–Crippen MR) is 78.0 cm³/mol. The maximum atomic E-state index is 11.8. The van der Waals surface area contributed by atoms with Crippen LogP contribution >= 0.6 is 12.4 Å². The first-order valence-corrected chi connectivity index (χ1v) is 8.08. The van der Waals surface area contributed by atoms with Crippen molar-refractivity contribution >= 4 is 28.3 Å². The van der Waals surface area contributed by atoms with Gasteiger partial charge in [-0.2, -0.15) is 0 Å². The lowest BCUT2D eigenvalue weighted by molar-refractivity contribution is -0.118. The lowest BCUT2D eigenvalue weighted by Crippen LogP contribution is -2.42. The first-order valence-electron chi connectivity index (χ1n) is 6.47. The molecule has 2 N–H and O–H groups in total. The Hall–Kier alpha value is -0.370. The van der Waals surface area contributed by atoms with E-state index in [0.717, 1.165) is 19.4 Å². The van der Waals surface area contributed by atoms with Crippen LogP contribution in [0.1, 0.15) is 26.7 Å². The molecule has 0 aromatic heterocycles. The molecule has 1 saturated heterocycles. The van der Waals surface area contributed by atoms with Gasteiger partial charge in [0.2, 0.25) is 15.9 Å². The lowest BCUT2D eigenvalue weighted by Gasteiger charge is -2.18. The number of hydrogen-bond donors (Lipinski definition) is 2. The molecule has 0 aliphatic carbocycles. The topological polar surface area (TPSA) is 78.5 Å². The molecule has 1 aliphatic rings. The normalized spacial score (nSPS) is 19.2. The number of carbonyl (C=O) groups excluding carboxylic acids is 1. The lowest BCUT2D eigenvalue weighted by atomic mass is 10.2. The number of carbonyl (C=O) groups is 1. The van der Waals surface area contributed by atoms with Crippen LogP contribution in [0.3, 0.4) is 0 Å². The Morgan fingerprint density at radius 2 is 2.00 bits per heavy atom. The molecule has 0 spiro atoms. The van der Waals surface area contributed by atoms with E-state index in [4.69, 9.17) is 0 Å². The summed E-state index contributed by atoms with van der Waals surface area (Å²) in [6.45, 7) is 5.81. The smallest absolute Gasteiger partial charge is 0.236 e. The molecular weight excluding hydrogens is 290 g/mol. The van der Waals surface area contributed by atoms with E-state index in [9.17, 15) is 13.2 Å². The van der Waals surface area contributed by atoms with Crippen LogP contribution in [0.25, 0.3) is 0 Å². The van der Waals surface area contributed by atoms with Crippen molar-refractivity contribution in [2.24, 2.45) is 0 Å². The molecule has 0 aromatic carbocycles. The summed E-state index contributed by atoms with van der Waals surface area (Å²) in [6.07, 6.45) is 2.14. The summed E-state index contributed by atoms with van der Waals surface area (Å²) in [5.74, 6) is -0.878. The Morgan fingerprint density at radius 1 is 1.37 bits per heavy atom. The first-order chi connectivity index (χ1) is 8.49. The molecule has 1 amide bonds. The molecule has 114 valence electrons.